The molecule has 2 aliphatic rings. The van der Waals surface area contributed by atoms with Gasteiger partial charge in [-0.1, -0.05) is 18.2 Å². The van der Waals surface area contributed by atoms with Crippen LogP contribution in [0.3, 0.4) is 0 Å². The highest BCUT2D eigenvalue weighted by Crippen LogP contribution is 2.44. The first-order chi connectivity index (χ1) is 13.1. The van der Waals surface area contributed by atoms with Gasteiger partial charge in [-0.2, -0.15) is 0 Å². The van der Waals surface area contributed by atoms with Crippen LogP contribution in [0.1, 0.15) is 25.7 Å². The predicted molar refractivity (Wildman–Crippen MR) is 103 cm³/mol. The number of carbonyl (C=O) groups is 1. The van der Waals surface area contributed by atoms with Crippen molar-refractivity contribution in [2.45, 2.75) is 36.9 Å². The summed E-state index contributed by atoms with van der Waals surface area (Å²) in [7, 11) is 3.21. The molecule has 1 aromatic carbocycles. The van der Waals surface area contributed by atoms with Crippen LogP contribution in [-0.2, 0) is 4.79 Å². The summed E-state index contributed by atoms with van der Waals surface area (Å²) in [5.41, 5.74) is 0.817. The summed E-state index contributed by atoms with van der Waals surface area (Å²) < 4.78 is 10.6. The topological polar surface area (TPSA) is 89.1 Å². The first-order valence-electron chi connectivity index (χ1n) is 9.22. The summed E-state index contributed by atoms with van der Waals surface area (Å²) >= 11 is 1.34. The van der Waals surface area contributed by atoms with Gasteiger partial charge in [0.05, 0.1) is 20.0 Å². The number of methoxy groups -OCH3 is 2. The van der Waals surface area contributed by atoms with Crippen LogP contribution in [0.5, 0.6) is 11.5 Å². The normalized spacial score (nSPS) is 23.4. The maximum absolute atomic E-state index is 12.3. The Morgan fingerprint density at radius 3 is 2.63 bits per heavy atom. The van der Waals surface area contributed by atoms with Crippen LogP contribution < -0.4 is 14.8 Å². The third-order valence-corrected chi connectivity index (χ3v) is 6.35. The number of fused-ring (bicyclic) bond motifs is 2. The summed E-state index contributed by atoms with van der Waals surface area (Å²) in [6.45, 7) is 0. The van der Waals surface area contributed by atoms with E-state index in [1.165, 1.54) is 31.0 Å². The summed E-state index contributed by atoms with van der Waals surface area (Å²) in [5, 5.41) is 10.9. The molecule has 0 aliphatic heterocycles. The summed E-state index contributed by atoms with van der Waals surface area (Å²) in [5.74, 6) is 3.87. The molecule has 2 aliphatic carbocycles. The number of amides is 1. The molecule has 0 unspecified atom stereocenters. The molecule has 8 heteroatoms. The Morgan fingerprint density at radius 2 is 2.00 bits per heavy atom. The van der Waals surface area contributed by atoms with Gasteiger partial charge < -0.3 is 14.8 Å². The Bertz CT molecular complexity index is 803. The molecule has 3 atom stereocenters. The van der Waals surface area contributed by atoms with Crippen LogP contribution in [0.25, 0.3) is 11.4 Å². The minimum atomic E-state index is 0.0620. The van der Waals surface area contributed by atoms with Crippen molar-refractivity contribution in [2.75, 3.05) is 20.0 Å². The molecular weight excluding hydrogens is 364 g/mol. The minimum Gasteiger partial charge on any atom is -0.497 e. The molecule has 1 amide bonds. The van der Waals surface area contributed by atoms with Gasteiger partial charge in [0.2, 0.25) is 11.1 Å². The average Bonchev–Trinajstić information content (AvgIpc) is 3.42. The van der Waals surface area contributed by atoms with Crippen molar-refractivity contribution in [2.24, 2.45) is 11.8 Å². The first kappa shape index (κ1) is 18.2. The minimum absolute atomic E-state index is 0.0620. The van der Waals surface area contributed by atoms with Crippen LogP contribution in [0.15, 0.2) is 23.4 Å². The van der Waals surface area contributed by atoms with Crippen LogP contribution in [-0.4, -0.2) is 47.1 Å². The number of thioether (sulfide) groups is 1. The lowest BCUT2D eigenvalue weighted by Gasteiger charge is -2.22. The van der Waals surface area contributed by atoms with Crippen molar-refractivity contribution >= 4 is 17.7 Å². The number of aromatic amines is 1. The van der Waals surface area contributed by atoms with Crippen molar-refractivity contribution in [1.82, 2.24) is 20.5 Å². The van der Waals surface area contributed by atoms with E-state index >= 15 is 0 Å². The molecular formula is C19H24N4O3S. The van der Waals surface area contributed by atoms with Crippen molar-refractivity contribution in [3.8, 4) is 22.9 Å². The highest BCUT2D eigenvalue weighted by atomic mass is 32.2. The molecule has 27 heavy (non-hydrogen) atoms. The Hall–Kier alpha value is -2.22. The SMILES string of the molecule is COc1cc(OC)cc(-c2nc(SCC(=O)N[C@H]3C[C@H]4CC[C@@H]3C4)n[nH]2)c1. The molecule has 1 heterocycles. The Kier molecular flexibility index (Phi) is 5.24. The standard InChI is InChI=1S/C19H24N4O3S/c1-25-14-7-13(8-15(9-14)26-2)18-21-19(23-22-18)27-10-17(24)20-16-6-11-3-4-12(16)5-11/h7-9,11-12,16H,3-6,10H2,1-2H3,(H,20,24)(H,21,22,23)/t11-,12+,16-/m0/s1. The molecule has 2 saturated carbocycles. The van der Waals surface area contributed by atoms with Crippen LogP contribution >= 0.6 is 11.8 Å². The number of hydrogen-bond acceptors (Lipinski definition) is 6. The van der Waals surface area contributed by atoms with Crippen LogP contribution in [0, 0.1) is 11.8 Å². The molecule has 2 fully saturated rings. The smallest absolute Gasteiger partial charge is 0.230 e. The molecule has 2 aromatic rings. The van der Waals surface area contributed by atoms with E-state index in [4.69, 9.17) is 9.47 Å². The molecule has 4 rings (SSSR count). The monoisotopic (exact) mass is 388 g/mol. The lowest BCUT2D eigenvalue weighted by molar-refractivity contribution is -0.119. The van der Waals surface area contributed by atoms with Crippen molar-refractivity contribution in [1.29, 1.82) is 0 Å². The summed E-state index contributed by atoms with van der Waals surface area (Å²) in [6, 6.07) is 5.89. The van der Waals surface area contributed by atoms with Crippen LogP contribution in [0.2, 0.25) is 0 Å². The lowest BCUT2D eigenvalue weighted by atomic mass is 9.95. The van der Waals surface area contributed by atoms with Gasteiger partial charge in [-0.3, -0.25) is 9.89 Å². The van der Waals surface area contributed by atoms with Gasteiger partial charge in [0.25, 0.3) is 0 Å². The molecule has 144 valence electrons. The van der Waals surface area contributed by atoms with Gasteiger partial charge in [-0.25, -0.2) is 4.98 Å². The predicted octanol–water partition coefficient (Wildman–Crippen LogP) is 2.89. The highest BCUT2D eigenvalue weighted by molar-refractivity contribution is 7.99. The van der Waals surface area contributed by atoms with E-state index in [9.17, 15) is 4.79 Å². The van der Waals surface area contributed by atoms with E-state index in [1.54, 1.807) is 20.3 Å². The van der Waals surface area contributed by atoms with Gasteiger partial charge in [0.1, 0.15) is 11.5 Å². The molecule has 0 radical (unpaired) electrons. The largest absolute Gasteiger partial charge is 0.497 e. The van der Waals surface area contributed by atoms with Gasteiger partial charge in [-0.15, -0.1) is 5.10 Å². The third kappa shape index (κ3) is 4.05. The number of nitrogens with one attached hydrogen (secondary N) is 2. The molecule has 7 nitrogen and oxygen atoms in total. The molecule has 0 saturated heterocycles. The average molecular weight is 388 g/mol. The third-order valence-electron chi connectivity index (χ3n) is 5.51. The molecule has 2 N–H and O–H groups in total. The maximum atomic E-state index is 12.3. The second-order valence-electron chi connectivity index (χ2n) is 7.21. The van der Waals surface area contributed by atoms with E-state index in [1.807, 2.05) is 12.1 Å². The Balaban J connectivity index is 1.35. The number of H-pyrrole nitrogens is 1. The molecule has 1 aromatic heterocycles. The maximum Gasteiger partial charge on any atom is 0.230 e. The Labute approximate surface area is 162 Å². The second kappa shape index (κ2) is 7.80. The number of ether oxygens (including phenoxy) is 2. The molecule has 2 bridgehead atoms. The zero-order valence-corrected chi connectivity index (χ0v) is 16.3. The fourth-order valence-electron chi connectivity index (χ4n) is 4.18. The van der Waals surface area contributed by atoms with Gasteiger partial charge >= 0.3 is 0 Å². The van der Waals surface area contributed by atoms with E-state index in [2.05, 4.69) is 20.5 Å². The van der Waals surface area contributed by atoms with E-state index < -0.39 is 0 Å². The number of carbonyl (C=O) groups excluding carboxylic acids is 1. The van der Waals surface area contributed by atoms with Gasteiger partial charge in [0.15, 0.2) is 5.82 Å². The summed E-state index contributed by atoms with van der Waals surface area (Å²) in [6.07, 6.45) is 5.02. The molecule has 0 spiro atoms. The second-order valence-corrected chi connectivity index (χ2v) is 8.15. The highest BCUT2D eigenvalue weighted by Gasteiger charge is 2.40. The number of nitrogens with zero attached hydrogens (tertiary/aromatic N) is 2. The van der Waals surface area contributed by atoms with E-state index in [0.29, 0.717) is 40.2 Å². The van der Waals surface area contributed by atoms with E-state index in [0.717, 1.165) is 17.9 Å². The number of aromatic nitrogens is 3. The van der Waals surface area contributed by atoms with Crippen molar-refractivity contribution in [3.63, 3.8) is 0 Å². The van der Waals surface area contributed by atoms with E-state index in [-0.39, 0.29) is 5.91 Å². The zero-order chi connectivity index (χ0) is 18.8. The van der Waals surface area contributed by atoms with Gasteiger partial charge in [0, 0.05) is 17.7 Å². The van der Waals surface area contributed by atoms with Gasteiger partial charge in [-0.05, 0) is 43.2 Å². The first-order valence-corrected chi connectivity index (χ1v) is 10.2. The Morgan fingerprint density at radius 1 is 1.22 bits per heavy atom. The lowest BCUT2D eigenvalue weighted by Crippen LogP contribution is -2.39. The fraction of sp³-hybridized carbons (Fsp3) is 0.526. The number of rotatable bonds is 7. The van der Waals surface area contributed by atoms with Crippen molar-refractivity contribution in [3.05, 3.63) is 18.2 Å². The number of benzene rings is 1. The quantitative estimate of drug-likeness (QED) is 0.709. The fourth-order valence-corrected chi connectivity index (χ4v) is 4.79. The van der Waals surface area contributed by atoms with Crippen LogP contribution in [0.4, 0.5) is 0 Å². The number of hydrogen-bond donors (Lipinski definition) is 2. The van der Waals surface area contributed by atoms with Crippen molar-refractivity contribution < 1.29 is 14.3 Å². The summed E-state index contributed by atoms with van der Waals surface area (Å²) in [4.78, 5) is 16.7. The zero-order valence-electron chi connectivity index (χ0n) is 15.5.